The van der Waals surface area contributed by atoms with E-state index in [1.165, 1.54) is 72.8 Å². The molecule has 4 aromatic carbocycles. The lowest BCUT2D eigenvalue weighted by Crippen LogP contribution is -2.06. The number of nitrogens with zero attached hydrogens (tertiary/aromatic N) is 4. The van der Waals surface area contributed by atoms with Gasteiger partial charge in [0.2, 0.25) is 0 Å². The van der Waals surface area contributed by atoms with Crippen molar-refractivity contribution in [3.63, 3.8) is 0 Å². The molecule has 0 atom stereocenters. The van der Waals surface area contributed by atoms with Crippen molar-refractivity contribution in [1.29, 1.82) is 0 Å². The zero-order valence-electron chi connectivity index (χ0n) is 29.2. The van der Waals surface area contributed by atoms with Crippen molar-refractivity contribution in [3.8, 4) is 0 Å². The molecule has 0 aliphatic heterocycles. The molecule has 0 saturated heterocycles. The van der Waals surface area contributed by atoms with Gasteiger partial charge in [0.25, 0.3) is 20.2 Å². The number of rotatable bonds is 16. The minimum atomic E-state index is -4.85. The molecule has 0 radical (unpaired) electrons. The Labute approximate surface area is 312 Å². The number of anilines is 2. The van der Waals surface area contributed by atoms with Gasteiger partial charge in [-0.1, -0.05) is 51.0 Å². The molecular formula is C36H38N6O10S2. The smallest absolute Gasteiger partial charge is 0.338 e. The molecule has 284 valence electrons. The van der Waals surface area contributed by atoms with E-state index in [1.54, 1.807) is 0 Å². The fourth-order valence-electron chi connectivity index (χ4n) is 4.60. The van der Waals surface area contributed by atoms with Crippen molar-refractivity contribution in [3.05, 3.63) is 95.1 Å². The maximum Gasteiger partial charge on any atom is 0.338 e. The summed E-state index contributed by atoms with van der Waals surface area (Å²) < 4.78 is 79.8. The number of benzene rings is 4. The summed E-state index contributed by atoms with van der Waals surface area (Å²) in [5.41, 5.74) is 12.8. The van der Waals surface area contributed by atoms with Gasteiger partial charge in [-0.15, -0.1) is 10.2 Å². The first-order valence-corrected chi connectivity index (χ1v) is 19.4. The maximum absolute atomic E-state index is 12.4. The molecule has 0 aromatic heterocycles. The number of nitrogens with two attached hydrogens (primary N) is 2. The number of nitrogen functional groups attached to an aromatic ring is 2. The van der Waals surface area contributed by atoms with Crippen LogP contribution in [0.25, 0.3) is 12.2 Å². The third-order valence-electron chi connectivity index (χ3n) is 7.53. The first kappa shape index (κ1) is 40.9. The van der Waals surface area contributed by atoms with E-state index in [0.29, 0.717) is 12.8 Å². The van der Waals surface area contributed by atoms with Gasteiger partial charge in [-0.3, -0.25) is 9.11 Å². The highest BCUT2D eigenvalue weighted by atomic mass is 32.2. The van der Waals surface area contributed by atoms with Crippen LogP contribution in [0.5, 0.6) is 0 Å². The molecule has 4 rings (SSSR count). The van der Waals surface area contributed by atoms with Crippen molar-refractivity contribution in [1.82, 2.24) is 0 Å². The molecule has 16 nitrogen and oxygen atoms in total. The van der Waals surface area contributed by atoms with Crippen LogP contribution >= 0.6 is 0 Å². The molecule has 0 aliphatic rings. The Morgan fingerprint density at radius 1 is 0.611 bits per heavy atom. The summed E-state index contributed by atoms with van der Waals surface area (Å²) in [6.07, 6.45) is 5.48. The fraction of sp³-hybridized carbons (Fsp3) is 0.222. The van der Waals surface area contributed by atoms with Crippen molar-refractivity contribution < 1.29 is 45.0 Å². The van der Waals surface area contributed by atoms with Gasteiger partial charge in [0.1, 0.15) is 21.2 Å². The second-order valence-electron chi connectivity index (χ2n) is 11.7. The SMILES string of the molecule is CCCCOC(=O)c1ccc(N)c(N=Nc2ccc(/C=C/c3ccc(N=Nc4cc(C(=O)OCCCC)ccc4N)cc3S(=O)(=O)O)c(S(=O)(=O)O)c2)c1. The zero-order valence-corrected chi connectivity index (χ0v) is 30.9. The minimum Gasteiger partial charge on any atom is -0.462 e. The lowest BCUT2D eigenvalue weighted by atomic mass is 10.1. The van der Waals surface area contributed by atoms with Crippen LogP contribution in [0.15, 0.2) is 103 Å². The molecule has 4 aromatic rings. The van der Waals surface area contributed by atoms with Gasteiger partial charge in [0.05, 0.1) is 47.1 Å². The largest absolute Gasteiger partial charge is 0.462 e. The van der Waals surface area contributed by atoms with Crippen LogP contribution in [0.3, 0.4) is 0 Å². The van der Waals surface area contributed by atoms with Gasteiger partial charge in [0.15, 0.2) is 0 Å². The lowest BCUT2D eigenvalue weighted by molar-refractivity contribution is 0.0490. The summed E-state index contributed by atoms with van der Waals surface area (Å²) in [7, 11) is -9.70. The van der Waals surface area contributed by atoms with E-state index in [0.717, 1.165) is 25.0 Å². The standard InChI is InChI=1S/C36H38N6O10S2/c1-3-5-17-51-35(43)25-11-15-29(37)31(19-25)41-39-27-13-9-23(33(21-27)53(45,46)47)7-8-24-10-14-28(22-34(24)54(48,49)50)40-42-32-20-26(12-16-30(32)38)36(44)52-18-6-4-2/h7-16,19-22H,3-6,17-18,37-38H2,1-2H3,(H,45,46,47)(H,48,49,50)/b8-7+,41-39?,42-40?. The van der Waals surface area contributed by atoms with Gasteiger partial charge in [-0.25, -0.2) is 9.59 Å². The molecule has 0 spiro atoms. The third kappa shape index (κ3) is 11.3. The van der Waals surface area contributed by atoms with E-state index >= 15 is 0 Å². The molecular weight excluding hydrogens is 741 g/mol. The molecule has 0 bridgehead atoms. The Hall–Kier alpha value is -5.82. The van der Waals surface area contributed by atoms with Crippen LogP contribution in [0, 0.1) is 0 Å². The quantitative estimate of drug-likeness (QED) is 0.0209. The zero-order chi connectivity index (χ0) is 39.5. The number of hydrogen-bond acceptors (Lipinski definition) is 14. The minimum absolute atomic E-state index is 0.0111. The number of unbranched alkanes of at least 4 members (excludes halogenated alkanes) is 2. The van der Waals surface area contributed by atoms with E-state index in [4.69, 9.17) is 20.9 Å². The third-order valence-corrected chi connectivity index (χ3v) is 9.35. The maximum atomic E-state index is 12.4. The van der Waals surface area contributed by atoms with Gasteiger partial charge in [-0.2, -0.15) is 27.1 Å². The number of ether oxygens (including phenoxy) is 2. The second-order valence-corrected chi connectivity index (χ2v) is 14.4. The summed E-state index contributed by atoms with van der Waals surface area (Å²) in [6.45, 7) is 4.41. The van der Waals surface area contributed by atoms with Gasteiger partial charge >= 0.3 is 11.9 Å². The number of carbonyl (C=O) groups excluding carboxylic acids is 2. The predicted molar refractivity (Wildman–Crippen MR) is 202 cm³/mol. The van der Waals surface area contributed by atoms with Gasteiger partial charge in [0, 0.05) is 0 Å². The van der Waals surface area contributed by atoms with Crippen LogP contribution in [0.2, 0.25) is 0 Å². The Morgan fingerprint density at radius 3 is 1.35 bits per heavy atom. The predicted octanol–water partition coefficient (Wildman–Crippen LogP) is 8.26. The second kappa shape index (κ2) is 18.3. The average Bonchev–Trinajstić information content (AvgIpc) is 3.13. The molecule has 0 saturated carbocycles. The molecule has 0 aliphatic carbocycles. The number of azo groups is 2. The van der Waals surface area contributed by atoms with Crippen molar-refractivity contribution in [2.24, 2.45) is 20.5 Å². The topological polar surface area (TPSA) is 263 Å². The van der Waals surface area contributed by atoms with Crippen molar-refractivity contribution in [2.45, 2.75) is 49.3 Å². The molecule has 0 fully saturated rings. The van der Waals surface area contributed by atoms with E-state index in [9.17, 15) is 35.5 Å². The molecule has 18 heteroatoms. The normalized spacial score (nSPS) is 12.1. The van der Waals surface area contributed by atoms with Crippen LogP contribution in [-0.2, 0) is 29.7 Å². The van der Waals surface area contributed by atoms with Crippen LogP contribution in [0.4, 0.5) is 34.1 Å². The molecule has 0 amide bonds. The van der Waals surface area contributed by atoms with Gasteiger partial charge in [-0.05, 0) is 84.6 Å². The summed E-state index contributed by atoms with van der Waals surface area (Å²) in [6, 6.07) is 15.9. The summed E-state index contributed by atoms with van der Waals surface area (Å²) in [4.78, 5) is 23.5. The highest BCUT2D eigenvalue weighted by molar-refractivity contribution is 7.86. The van der Waals surface area contributed by atoms with Crippen molar-refractivity contribution in [2.75, 3.05) is 24.7 Å². The highest BCUT2D eigenvalue weighted by Crippen LogP contribution is 2.31. The molecule has 0 unspecified atom stereocenters. The average molecular weight is 779 g/mol. The van der Waals surface area contributed by atoms with E-state index < -0.39 is 42.0 Å². The number of esters is 2. The summed E-state index contributed by atoms with van der Waals surface area (Å²) in [5, 5.41) is 16.1. The monoisotopic (exact) mass is 778 g/mol. The van der Waals surface area contributed by atoms with Gasteiger partial charge < -0.3 is 20.9 Å². The first-order chi connectivity index (χ1) is 25.6. The van der Waals surface area contributed by atoms with Crippen LogP contribution in [-0.4, -0.2) is 51.1 Å². The lowest BCUT2D eigenvalue weighted by Gasteiger charge is -2.07. The number of hydrogen-bond donors (Lipinski definition) is 4. The molecule has 54 heavy (non-hydrogen) atoms. The van der Waals surface area contributed by atoms with E-state index in [-0.39, 0.29) is 69.6 Å². The molecule has 6 N–H and O–H groups in total. The first-order valence-electron chi connectivity index (χ1n) is 16.5. The van der Waals surface area contributed by atoms with Crippen molar-refractivity contribution >= 4 is 78.5 Å². The Bertz CT molecular complexity index is 2180. The highest BCUT2D eigenvalue weighted by Gasteiger charge is 2.18. The molecule has 0 heterocycles. The Kier molecular flexibility index (Phi) is 13.9. The number of carbonyl (C=O) groups is 2. The Morgan fingerprint density at radius 2 is 1.00 bits per heavy atom. The van der Waals surface area contributed by atoms with Crippen LogP contribution < -0.4 is 11.5 Å². The fourth-order valence-corrected chi connectivity index (χ4v) is 6.00. The van der Waals surface area contributed by atoms with E-state index in [1.807, 2.05) is 13.8 Å². The van der Waals surface area contributed by atoms with E-state index in [2.05, 4.69) is 20.5 Å². The Balaban J connectivity index is 1.60. The van der Waals surface area contributed by atoms with Crippen LogP contribution in [0.1, 0.15) is 71.4 Å². The summed E-state index contributed by atoms with van der Waals surface area (Å²) in [5.74, 6) is -1.15. The summed E-state index contributed by atoms with van der Waals surface area (Å²) >= 11 is 0.